The zero-order chi connectivity index (χ0) is 11.8. The number of halogens is 1. The fourth-order valence-corrected chi connectivity index (χ4v) is 1.84. The van der Waals surface area contributed by atoms with Gasteiger partial charge >= 0.3 is 5.82 Å². The molecular weight excluding hydrogens is 284 g/mol. The van der Waals surface area contributed by atoms with Gasteiger partial charge in [-0.15, -0.1) is 9.36 Å². The molecule has 0 saturated heterocycles. The van der Waals surface area contributed by atoms with E-state index < -0.39 is 0 Å². The van der Waals surface area contributed by atoms with Gasteiger partial charge in [0.25, 0.3) is 5.65 Å². The van der Waals surface area contributed by atoms with Crippen molar-refractivity contribution in [2.45, 2.75) is 0 Å². The fraction of sp³-hybridized carbons (Fsp3) is 0. The highest BCUT2D eigenvalue weighted by atomic mass is 79.9. The first-order valence-electron chi connectivity index (χ1n) is 4.94. The highest BCUT2D eigenvalue weighted by Gasteiger charge is 2.17. The van der Waals surface area contributed by atoms with Crippen LogP contribution >= 0.6 is 15.9 Å². The number of hydrogen-bond donors (Lipinski definition) is 0. The van der Waals surface area contributed by atoms with Crippen molar-refractivity contribution in [3.05, 3.63) is 52.5 Å². The molecule has 0 fully saturated rings. The molecule has 5 nitrogen and oxygen atoms in total. The fourth-order valence-electron chi connectivity index (χ4n) is 1.60. The summed E-state index contributed by atoms with van der Waals surface area (Å²) in [5, 5.41) is 12.0. The lowest BCUT2D eigenvalue weighted by Crippen LogP contribution is -2.34. The van der Waals surface area contributed by atoms with Crippen LogP contribution < -0.4 is 4.85 Å². The molecule has 0 aliphatic carbocycles. The molecule has 0 saturated carbocycles. The summed E-state index contributed by atoms with van der Waals surface area (Å²) in [6.45, 7) is 0. The van der Waals surface area contributed by atoms with E-state index in [9.17, 15) is 5.21 Å². The number of nitrogens with zero attached hydrogens (tertiary/aromatic N) is 4. The molecule has 0 aliphatic heterocycles. The van der Waals surface area contributed by atoms with Gasteiger partial charge in [0.1, 0.15) is 4.60 Å². The van der Waals surface area contributed by atoms with Gasteiger partial charge < -0.3 is 5.21 Å². The van der Waals surface area contributed by atoms with Crippen LogP contribution in [0.1, 0.15) is 0 Å². The molecule has 84 valence electrons. The maximum atomic E-state index is 12.0. The predicted octanol–water partition coefficient (Wildman–Crippen LogP) is 1.79. The summed E-state index contributed by atoms with van der Waals surface area (Å²) >= 11 is 3.25. The summed E-state index contributed by atoms with van der Waals surface area (Å²) in [6, 6.07) is 8.98. The normalized spacial score (nSPS) is 10.9. The topological polar surface area (TPSA) is 57.1 Å². The number of pyridine rings is 2. The van der Waals surface area contributed by atoms with Crippen molar-refractivity contribution in [1.29, 1.82) is 0 Å². The van der Waals surface area contributed by atoms with E-state index in [0.29, 0.717) is 17.0 Å². The second kappa shape index (κ2) is 3.81. The second-order valence-electron chi connectivity index (χ2n) is 3.48. The Morgan fingerprint density at radius 2 is 2.12 bits per heavy atom. The van der Waals surface area contributed by atoms with E-state index in [-0.39, 0.29) is 0 Å². The SMILES string of the molecule is [O-][n+]1c(-c2ccc(Br)nc2)nc2ccccn21. The van der Waals surface area contributed by atoms with Gasteiger partial charge in [0.05, 0.1) is 11.8 Å². The summed E-state index contributed by atoms with van der Waals surface area (Å²) in [5.74, 6) is 0.344. The molecule has 17 heavy (non-hydrogen) atoms. The molecule has 0 aromatic carbocycles. The number of rotatable bonds is 1. The maximum Gasteiger partial charge on any atom is 0.357 e. The monoisotopic (exact) mass is 290 g/mol. The third-order valence-electron chi connectivity index (χ3n) is 2.40. The molecule has 0 aliphatic rings. The van der Waals surface area contributed by atoms with E-state index in [1.54, 1.807) is 36.7 Å². The molecule has 0 unspecified atom stereocenters. The summed E-state index contributed by atoms with van der Waals surface area (Å²) in [4.78, 5) is 9.10. The Labute approximate surface area is 105 Å². The van der Waals surface area contributed by atoms with Crippen molar-refractivity contribution in [1.82, 2.24) is 14.5 Å². The van der Waals surface area contributed by atoms with Gasteiger partial charge in [-0.1, -0.05) is 6.07 Å². The van der Waals surface area contributed by atoms with Crippen LogP contribution in [0.25, 0.3) is 17.0 Å². The lowest BCUT2D eigenvalue weighted by Gasteiger charge is -2.01. The van der Waals surface area contributed by atoms with Gasteiger partial charge in [-0.3, -0.25) is 0 Å². The minimum atomic E-state index is 0.344. The summed E-state index contributed by atoms with van der Waals surface area (Å²) in [5.41, 5.74) is 1.30. The minimum absolute atomic E-state index is 0.344. The molecule has 0 amide bonds. The molecule has 0 radical (unpaired) electrons. The van der Waals surface area contributed by atoms with E-state index in [1.165, 1.54) is 4.52 Å². The molecule has 0 atom stereocenters. The Bertz CT molecular complexity index is 678. The lowest BCUT2D eigenvalue weighted by molar-refractivity contribution is -0.667. The molecule has 0 spiro atoms. The number of aromatic nitrogens is 4. The summed E-state index contributed by atoms with van der Waals surface area (Å²) in [7, 11) is 0. The zero-order valence-corrected chi connectivity index (χ0v) is 10.2. The Morgan fingerprint density at radius 1 is 1.24 bits per heavy atom. The molecule has 3 rings (SSSR count). The van der Waals surface area contributed by atoms with Crippen LogP contribution in [0, 0.1) is 5.21 Å². The first-order valence-corrected chi connectivity index (χ1v) is 5.74. The van der Waals surface area contributed by atoms with Gasteiger partial charge in [-0.2, -0.15) is 0 Å². The smallest absolute Gasteiger partial charge is 0.357 e. The predicted molar refractivity (Wildman–Crippen MR) is 65.1 cm³/mol. The van der Waals surface area contributed by atoms with Gasteiger partial charge in [-0.05, 0) is 39.1 Å². The molecule has 3 heterocycles. The third kappa shape index (κ3) is 1.66. The Kier molecular flexibility index (Phi) is 2.29. The van der Waals surface area contributed by atoms with Gasteiger partial charge in [0.15, 0.2) is 0 Å². The van der Waals surface area contributed by atoms with Crippen molar-refractivity contribution in [3.8, 4) is 11.4 Å². The zero-order valence-electron chi connectivity index (χ0n) is 8.62. The van der Waals surface area contributed by atoms with Gasteiger partial charge in [0.2, 0.25) is 0 Å². The highest BCUT2D eigenvalue weighted by molar-refractivity contribution is 9.10. The van der Waals surface area contributed by atoms with Crippen LogP contribution in [0.4, 0.5) is 0 Å². The average Bonchev–Trinajstić information content (AvgIpc) is 2.69. The van der Waals surface area contributed by atoms with Gasteiger partial charge in [-0.25, -0.2) is 4.98 Å². The van der Waals surface area contributed by atoms with E-state index in [2.05, 4.69) is 25.9 Å². The van der Waals surface area contributed by atoms with Gasteiger partial charge in [0, 0.05) is 12.3 Å². The molecular formula is C11H7BrN4O. The van der Waals surface area contributed by atoms with E-state index >= 15 is 0 Å². The quantitative estimate of drug-likeness (QED) is 0.390. The largest absolute Gasteiger partial charge is 0.692 e. The third-order valence-corrected chi connectivity index (χ3v) is 2.87. The molecule has 3 aromatic rings. The first kappa shape index (κ1) is 10.2. The average molecular weight is 291 g/mol. The van der Waals surface area contributed by atoms with Crippen molar-refractivity contribution < 1.29 is 4.85 Å². The molecule has 0 bridgehead atoms. The van der Waals surface area contributed by atoms with Crippen LogP contribution in [0.2, 0.25) is 0 Å². The Balaban J connectivity index is 2.24. The number of fused-ring (bicyclic) bond motifs is 1. The highest BCUT2D eigenvalue weighted by Crippen LogP contribution is 2.15. The Hall–Kier alpha value is -1.95. The standard InChI is InChI=1S/C11H7BrN4O/c12-9-5-4-8(7-13-9)11-14-10-3-1-2-6-15(10)16(11)17/h1-7H. The summed E-state index contributed by atoms with van der Waals surface area (Å²) < 4.78 is 2.17. The second-order valence-corrected chi connectivity index (χ2v) is 4.29. The molecule has 3 aromatic heterocycles. The van der Waals surface area contributed by atoms with Crippen molar-refractivity contribution in [3.63, 3.8) is 0 Å². The molecule has 0 N–H and O–H groups in total. The van der Waals surface area contributed by atoms with Crippen LogP contribution in [0.5, 0.6) is 0 Å². The van der Waals surface area contributed by atoms with Crippen molar-refractivity contribution in [2.75, 3.05) is 0 Å². The maximum absolute atomic E-state index is 12.0. The minimum Gasteiger partial charge on any atom is -0.692 e. The first-order chi connectivity index (χ1) is 8.25. The number of hydrogen-bond acceptors (Lipinski definition) is 3. The van der Waals surface area contributed by atoms with E-state index in [4.69, 9.17) is 0 Å². The lowest BCUT2D eigenvalue weighted by atomic mass is 10.3. The van der Waals surface area contributed by atoms with E-state index in [0.717, 1.165) is 9.45 Å². The van der Waals surface area contributed by atoms with Crippen molar-refractivity contribution >= 4 is 21.6 Å². The Morgan fingerprint density at radius 3 is 2.82 bits per heavy atom. The van der Waals surface area contributed by atoms with Crippen LogP contribution in [0.15, 0.2) is 47.3 Å². The molecule has 6 heteroatoms. The van der Waals surface area contributed by atoms with Crippen molar-refractivity contribution in [2.24, 2.45) is 0 Å². The van der Waals surface area contributed by atoms with Crippen LogP contribution in [0.3, 0.4) is 0 Å². The van der Waals surface area contributed by atoms with E-state index in [1.807, 2.05) is 6.07 Å². The van der Waals surface area contributed by atoms with Crippen LogP contribution in [-0.4, -0.2) is 14.5 Å². The summed E-state index contributed by atoms with van der Waals surface area (Å²) in [6.07, 6.45) is 3.28. The van der Waals surface area contributed by atoms with Crippen LogP contribution in [-0.2, 0) is 0 Å².